The Hall–Kier alpha value is -3.64. The second kappa shape index (κ2) is 11.0. The first-order valence-corrected chi connectivity index (χ1v) is 11.3. The van der Waals surface area contributed by atoms with Crippen LogP contribution in [0, 0.1) is 13.8 Å². The number of hydrogen-bond donors (Lipinski definition) is 1. The third-order valence-corrected chi connectivity index (χ3v) is 5.43. The number of aliphatic carboxylic acids is 1. The number of carbonyl (C=O) groups is 2. The molecule has 12 nitrogen and oxygen atoms in total. The Morgan fingerprint density at radius 2 is 1.36 bits per heavy atom. The van der Waals surface area contributed by atoms with Gasteiger partial charge < -0.3 is 18.7 Å². The van der Waals surface area contributed by atoms with Crippen LogP contribution in [0.2, 0.25) is 10.0 Å². The minimum Gasteiger partial charge on any atom is -0.480 e. The normalized spacial score (nSPS) is 11.2. The van der Waals surface area contributed by atoms with Crippen LogP contribution in [0.4, 0.5) is 0 Å². The monoisotopic (exact) mass is 538 g/mol. The van der Waals surface area contributed by atoms with Gasteiger partial charge in [-0.25, -0.2) is 9.97 Å². The molecule has 0 amide bonds. The number of carbonyl (C=O) groups excluding carboxylic acids is 1. The van der Waals surface area contributed by atoms with Gasteiger partial charge in [-0.1, -0.05) is 23.2 Å². The second-order valence-electron chi connectivity index (χ2n) is 8.47. The van der Waals surface area contributed by atoms with Crippen molar-refractivity contribution < 1.29 is 28.3 Å². The molecule has 0 unspecified atom stereocenters. The van der Waals surface area contributed by atoms with Gasteiger partial charge >= 0.3 is 11.9 Å². The molecule has 4 aromatic heterocycles. The van der Waals surface area contributed by atoms with Gasteiger partial charge in [-0.2, -0.15) is 10.2 Å². The summed E-state index contributed by atoms with van der Waals surface area (Å²) in [5, 5.41) is 17.7. The van der Waals surface area contributed by atoms with E-state index >= 15 is 0 Å². The van der Waals surface area contributed by atoms with Gasteiger partial charge in [0.2, 0.25) is 11.8 Å². The molecule has 0 bridgehead atoms. The van der Waals surface area contributed by atoms with E-state index in [0.717, 1.165) is 0 Å². The predicted molar refractivity (Wildman–Crippen MR) is 128 cm³/mol. The lowest BCUT2D eigenvalue weighted by molar-refractivity contribution is -0.155. The highest BCUT2D eigenvalue weighted by atomic mass is 35.5. The highest BCUT2D eigenvalue weighted by Crippen LogP contribution is 2.29. The van der Waals surface area contributed by atoms with Crippen molar-refractivity contribution in [2.24, 2.45) is 0 Å². The molecule has 0 saturated heterocycles. The summed E-state index contributed by atoms with van der Waals surface area (Å²) >= 11 is 12.2. The van der Waals surface area contributed by atoms with Crippen LogP contribution >= 0.6 is 23.2 Å². The number of carboxylic acids is 1. The molecule has 0 aliphatic rings. The Morgan fingerprint density at radius 3 is 1.72 bits per heavy atom. The zero-order chi connectivity index (χ0) is 26.6. The van der Waals surface area contributed by atoms with Gasteiger partial charge in [0.15, 0.2) is 11.4 Å². The molecule has 0 aliphatic carbocycles. The van der Waals surface area contributed by atoms with Crippen molar-refractivity contribution in [3.05, 3.63) is 46.4 Å². The summed E-state index contributed by atoms with van der Waals surface area (Å²) in [6.45, 7) is 8.64. The molecule has 0 atom stereocenters. The van der Waals surface area contributed by atoms with Crippen LogP contribution in [0.5, 0.6) is 0 Å². The third kappa shape index (κ3) is 6.52. The Balaban J connectivity index is 0.000000205. The second-order valence-corrected chi connectivity index (χ2v) is 9.22. The lowest BCUT2D eigenvalue weighted by atomic mass is 10.2. The van der Waals surface area contributed by atoms with Crippen molar-refractivity contribution in [3.63, 3.8) is 0 Å². The number of hydrogen-bond acceptors (Lipinski definition) is 9. The molecule has 36 heavy (non-hydrogen) atoms. The molecule has 4 aromatic rings. The van der Waals surface area contributed by atoms with Crippen molar-refractivity contribution >= 4 is 35.1 Å². The van der Waals surface area contributed by atoms with E-state index in [1.54, 1.807) is 13.8 Å². The highest BCUT2D eigenvalue weighted by Gasteiger charge is 2.22. The maximum atomic E-state index is 11.8. The van der Waals surface area contributed by atoms with E-state index in [4.69, 9.17) is 41.9 Å². The minimum absolute atomic E-state index is 0.0104. The van der Waals surface area contributed by atoms with Crippen LogP contribution in [0.15, 0.2) is 33.8 Å². The highest BCUT2D eigenvalue weighted by molar-refractivity contribution is 6.33. The van der Waals surface area contributed by atoms with Crippen LogP contribution in [0.1, 0.15) is 32.2 Å². The average molecular weight is 539 g/mol. The summed E-state index contributed by atoms with van der Waals surface area (Å²) in [7, 11) is 0. The summed E-state index contributed by atoms with van der Waals surface area (Å²) in [5.41, 5.74) is 1.46. The standard InChI is InChI=1S/C13H16ClN3O3.C9H8ClN3O3/c1-8-10(14)11(12-15-5-6-19-12)16-17(8)7-9(18)20-13(2,3)4;1-5-7(10)8(9-11-2-3-16-9)12-13(5)4-6(14)15/h5-6H,7H2,1-4H3;2-3H,4H2,1H3,(H,14,15). The maximum Gasteiger partial charge on any atom is 0.328 e. The number of aromatic nitrogens is 6. The molecule has 1 N–H and O–H groups in total. The first kappa shape index (κ1) is 27.0. The molecule has 0 radical (unpaired) electrons. The molecule has 0 aromatic carbocycles. The molecule has 4 rings (SSSR count). The molecule has 4 heterocycles. The van der Waals surface area contributed by atoms with E-state index in [9.17, 15) is 9.59 Å². The molecule has 0 aliphatic heterocycles. The molecule has 0 spiro atoms. The fourth-order valence-corrected chi connectivity index (χ4v) is 3.37. The van der Waals surface area contributed by atoms with Crippen molar-refractivity contribution in [3.8, 4) is 23.2 Å². The Kier molecular flexibility index (Phi) is 8.21. The lowest BCUT2D eigenvalue weighted by Crippen LogP contribution is -2.27. The van der Waals surface area contributed by atoms with Gasteiger partial charge in [0.1, 0.15) is 31.2 Å². The van der Waals surface area contributed by atoms with Gasteiger partial charge in [-0.15, -0.1) is 0 Å². The molecular formula is C22H24Cl2N6O6. The lowest BCUT2D eigenvalue weighted by Gasteiger charge is -2.19. The van der Waals surface area contributed by atoms with Crippen LogP contribution in [0.25, 0.3) is 23.2 Å². The zero-order valence-corrected chi connectivity index (χ0v) is 21.7. The maximum absolute atomic E-state index is 11.8. The van der Waals surface area contributed by atoms with E-state index in [1.165, 1.54) is 34.3 Å². The number of oxazole rings is 2. The fraction of sp³-hybridized carbons (Fsp3) is 0.364. The Morgan fingerprint density at radius 1 is 0.917 bits per heavy atom. The van der Waals surface area contributed by atoms with E-state index in [-0.39, 0.29) is 24.9 Å². The number of ether oxygens (including phenoxy) is 1. The summed E-state index contributed by atoms with van der Waals surface area (Å²) in [4.78, 5) is 30.3. The van der Waals surface area contributed by atoms with Crippen LogP contribution in [-0.4, -0.2) is 52.2 Å². The molecule has 14 heteroatoms. The number of rotatable bonds is 6. The van der Waals surface area contributed by atoms with E-state index in [0.29, 0.717) is 38.7 Å². The van der Waals surface area contributed by atoms with Crippen LogP contribution in [-0.2, 0) is 27.4 Å². The van der Waals surface area contributed by atoms with Gasteiger partial charge in [0, 0.05) is 0 Å². The molecule has 192 valence electrons. The zero-order valence-electron chi connectivity index (χ0n) is 20.2. The third-order valence-electron chi connectivity index (χ3n) is 4.52. The Bertz CT molecular complexity index is 1340. The van der Waals surface area contributed by atoms with Gasteiger partial charge in [0.05, 0.1) is 33.8 Å². The van der Waals surface area contributed by atoms with Crippen molar-refractivity contribution in [1.82, 2.24) is 29.5 Å². The van der Waals surface area contributed by atoms with Crippen molar-refractivity contribution in [2.75, 3.05) is 0 Å². The largest absolute Gasteiger partial charge is 0.480 e. The summed E-state index contributed by atoms with van der Waals surface area (Å²) in [6, 6.07) is 0. The average Bonchev–Trinajstić information content (AvgIpc) is 3.57. The Labute approximate surface area is 215 Å². The van der Waals surface area contributed by atoms with Gasteiger partial charge in [0.25, 0.3) is 0 Å². The number of nitrogens with zero attached hydrogens (tertiary/aromatic N) is 6. The van der Waals surface area contributed by atoms with E-state index in [2.05, 4.69) is 20.2 Å². The van der Waals surface area contributed by atoms with Crippen LogP contribution in [0.3, 0.4) is 0 Å². The first-order valence-electron chi connectivity index (χ1n) is 10.6. The van der Waals surface area contributed by atoms with Crippen molar-refractivity contribution in [2.45, 2.75) is 53.3 Å². The number of esters is 1. The molecule has 0 fully saturated rings. The van der Waals surface area contributed by atoms with E-state index in [1.807, 2.05) is 20.8 Å². The van der Waals surface area contributed by atoms with Gasteiger partial charge in [-0.3, -0.25) is 19.0 Å². The molecular weight excluding hydrogens is 515 g/mol. The van der Waals surface area contributed by atoms with E-state index < -0.39 is 11.6 Å². The quantitative estimate of drug-likeness (QED) is 0.349. The van der Waals surface area contributed by atoms with Gasteiger partial charge in [-0.05, 0) is 34.6 Å². The summed E-state index contributed by atoms with van der Waals surface area (Å²) in [6.07, 6.45) is 5.82. The SMILES string of the molecule is Cc1c(Cl)c(-c2ncco2)nn1CC(=O)O.Cc1c(Cl)c(-c2ncco2)nn1CC(=O)OC(C)(C)C. The molecule has 0 saturated carbocycles. The summed E-state index contributed by atoms with van der Waals surface area (Å²) in [5.74, 6) is -0.766. The summed E-state index contributed by atoms with van der Waals surface area (Å²) < 4.78 is 18.3. The minimum atomic E-state index is -0.985. The smallest absolute Gasteiger partial charge is 0.328 e. The first-order chi connectivity index (χ1) is 16.9. The van der Waals surface area contributed by atoms with Crippen LogP contribution < -0.4 is 0 Å². The fourth-order valence-electron chi connectivity index (χ4n) is 2.93. The predicted octanol–water partition coefficient (Wildman–Crippen LogP) is 4.43. The number of halogens is 2. The topological polar surface area (TPSA) is 151 Å². The number of carboxylic acid groups (broad SMARTS) is 1. The van der Waals surface area contributed by atoms with Crippen molar-refractivity contribution in [1.29, 1.82) is 0 Å².